The molecule has 0 aliphatic carbocycles. The van der Waals surface area contributed by atoms with Gasteiger partial charge in [0.2, 0.25) is 0 Å². The second-order valence-electron chi connectivity index (χ2n) is 4.81. The lowest BCUT2D eigenvalue weighted by Gasteiger charge is -2.02. The molecule has 0 fully saturated rings. The van der Waals surface area contributed by atoms with E-state index in [1.54, 1.807) is 0 Å². The molecule has 0 atom stereocenters. The minimum absolute atomic E-state index is 1.21. The molecule has 0 spiro atoms. The van der Waals surface area contributed by atoms with E-state index < -0.39 is 0 Å². The molecule has 2 aromatic rings. The summed E-state index contributed by atoms with van der Waals surface area (Å²) in [7, 11) is 0. The van der Waals surface area contributed by atoms with Gasteiger partial charge in [-0.2, -0.15) is 0 Å². The van der Waals surface area contributed by atoms with Crippen molar-refractivity contribution < 1.29 is 0 Å². The summed E-state index contributed by atoms with van der Waals surface area (Å²) in [6.45, 7) is 0. The molecule has 0 amide bonds. The monoisotopic (exact) mass is 237 g/mol. The highest BCUT2D eigenvalue weighted by Crippen LogP contribution is 2.10. The van der Waals surface area contributed by atoms with Crippen molar-refractivity contribution in [2.24, 2.45) is 0 Å². The third-order valence-electron chi connectivity index (χ3n) is 3.31. The summed E-state index contributed by atoms with van der Waals surface area (Å²) in [5.74, 6) is 0. The van der Waals surface area contributed by atoms with Gasteiger partial charge in [0.05, 0.1) is 0 Å². The Kier molecular flexibility index (Phi) is 5.52. The smallest absolute Gasteiger partial charge is 0.0184 e. The summed E-state index contributed by atoms with van der Waals surface area (Å²) in [4.78, 5) is 0. The summed E-state index contributed by atoms with van der Waals surface area (Å²) >= 11 is 0. The molecular weight excluding hydrogens is 216 g/mol. The van der Waals surface area contributed by atoms with Crippen LogP contribution in [0.3, 0.4) is 0 Å². The summed E-state index contributed by atoms with van der Waals surface area (Å²) < 4.78 is 0. The highest BCUT2D eigenvalue weighted by Gasteiger charge is 1.94. The summed E-state index contributed by atoms with van der Waals surface area (Å²) in [6.07, 6.45) is 7.73. The zero-order valence-corrected chi connectivity index (χ0v) is 10.9. The fraction of sp³-hybridized carbons (Fsp3) is 0.333. The number of hydrogen-bond acceptors (Lipinski definition) is 0. The fourth-order valence-electron chi connectivity index (χ4n) is 2.24. The lowest BCUT2D eigenvalue weighted by Crippen LogP contribution is -1.88. The number of unbranched alkanes of at least 4 members (excludes halogenated alkanes) is 3. The number of hydrogen-bond donors (Lipinski definition) is 0. The van der Waals surface area contributed by atoms with Gasteiger partial charge in [0.25, 0.3) is 0 Å². The third kappa shape index (κ3) is 4.75. The van der Waals surface area contributed by atoms with Crippen molar-refractivity contribution in [3.63, 3.8) is 0 Å². The molecule has 18 heavy (non-hydrogen) atoms. The molecular formula is C18H21. The van der Waals surface area contributed by atoms with Crippen LogP contribution >= 0.6 is 0 Å². The van der Waals surface area contributed by atoms with Gasteiger partial charge in [0.1, 0.15) is 0 Å². The maximum absolute atomic E-state index is 3.06. The van der Waals surface area contributed by atoms with Crippen molar-refractivity contribution in [1.29, 1.82) is 0 Å². The fourth-order valence-corrected chi connectivity index (χ4v) is 2.24. The molecule has 93 valence electrons. The van der Waals surface area contributed by atoms with E-state index in [2.05, 4.69) is 48.5 Å². The standard InChI is InChI=1S/C18H21/c1(5-11-17-13-7-3-8-14-17)2-6-12-18-15-9-4-10-16-18/h3,7-10,13-16H,1-2,5-6,11-12H2. The van der Waals surface area contributed by atoms with Crippen LogP contribution in [0.2, 0.25) is 0 Å². The van der Waals surface area contributed by atoms with Gasteiger partial charge in [0, 0.05) is 0 Å². The maximum atomic E-state index is 3.06. The average Bonchev–Trinajstić information content (AvgIpc) is 2.45. The molecule has 0 nitrogen and oxygen atoms in total. The lowest BCUT2D eigenvalue weighted by molar-refractivity contribution is 0.640. The largest absolute Gasteiger partial charge is 0.0622 e. The van der Waals surface area contributed by atoms with Crippen LogP contribution in [0.1, 0.15) is 36.8 Å². The van der Waals surface area contributed by atoms with Crippen molar-refractivity contribution >= 4 is 0 Å². The van der Waals surface area contributed by atoms with Crippen molar-refractivity contribution in [1.82, 2.24) is 0 Å². The van der Waals surface area contributed by atoms with Crippen LogP contribution in [0.15, 0.2) is 54.6 Å². The van der Waals surface area contributed by atoms with Crippen LogP contribution in [0.25, 0.3) is 0 Å². The topological polar surface area (TPSA) is 0 Å². The lowest BCUT2D eigenvalue weighted by atomic mass is 10.0. The van der Waals surface area contributed by atoms with E-state index in [0.29, 0.717) is 0 Å². The van der Waals surface area contributed by atoms with Gasteiger partial charge >= 0.3 is 0 Å². The number of aryl methyl sites for hydroxylation is 2. The molecule has 0 heteroatoms. The SMILES string of the molecule is [c]1ccc(CCCCCCc2ccccc2)cc1. The van der Waals surface area contributed by atoms with E-state index in [1.165, 1.54) is 49.7 Å². The third-order valence-corrected chi connectivity index (χ3v) is 3.31. The zero-order chi connectivity index (χ0) is 12.5. The first-order valence-corrected chi connectivity index (χ1v) is 6.94. The Hall–Kier alpha value is -1.56. The molecule has 0 bridgehead atoms. The predicted octanol–water partition coefficient (Wildman–Crippen LogP) is 4.83. The molecule has 0 aliphatic rings. The summed E-state index contributed by atoms with van der Waals surface area (Å²) in [6, 6.07) is 22.2. The highest BCUT2D eigenvalue weighted by molar-refractivity contribution is 5.15. The Morgan fingerprint density at radius 1 is 0.611 bits per heavy atom. The second kappa shape index (κ2) is 7.71. The molecule has 2 aromatic carbocycles. The van der Waals surface area contributed by atoms with Gasteiger partial charge < -0.3 is 0 Å². The second-order valence-corrected chi connectivity index (χ2v) is 4.81. The predicted molar refractivity (Wildman–Crippen MR) is 77.6 cm³/mol. The molecule has 0 saturated heterocycles. The molecule has 0 aliphatic heterocycles. The maximum Gasteiger partial charge on any atom is -0.0184 e. The van der Waals surface area contributed by atoms with Crippen molar-refractivity contribution in [3.8, 4) is 0 Å². The quantitative estimate of drug-likeness (QED) is 0.605. The Bertz CT molecular complexity index is 373. The minimum atomic E-state index is 1.21. The normalized spacial score (nSPS) is 10.4. The first-order chi connectivity index (χ1) is 8.95. The van der Waals surface area contributed by atoms with Crippen LogP contribution in [-0.4, -0.2) is 0 Å². The van der Waals surface area contributed by atoms with E-state index in [1.807, 2.05) is 12.1 Å². The molecule has 1 radical (unpaired) electrons. The van der Waals surface area contributed by atoms with Crippen molar-refractivity contribution in [2.45, 2.75) is 38.5 Å². The molecule has 0 saturated carbocycles. The minimum Gasteiger partial charge on any atom is -0.0622 e. The van der Waals surface area contributed by atoms with Gasteiger partial charge in [-0.15, -0.1) is 0 Å². The van der Waals surface area contributed by atoms with E-state index in [9.17, 15) is 0 Å². The first-order valence-electron chi connectivity index (χ1n) is 6.94. The Labute approximate surface area is 111 Å². The van der Waals surface area contributed by atoms with Gasteiger partial charge in [-0.05, 0) is 42.9 Å². The number of rotatable bonds is 7. The first kappa shape index (κ1) is 12.9. The van der Waals surface area contributed by atoms with Crippen molar-refractivity contribution in [2.75, 3.05) is 0 Å². The molecule has 0 unspecified atom stereocenters. The van der Waals surface area contributed by atoms with Crippen LogP contribution < -0.4 is 0 Å². The highest BCUT2D eigenvalue weighted by atomic mass is 14.0. The van der Waals surface area contributed by atoms with E-state index in [-0.39, 0.29) is 0 Å². The van der Waals surface area contributed by atoms with Crippen LogP contribution in [0, 0.1) is 6.07 Å². The molecule has 0 heterocycles. The van der Waals surface area contributed by atoms with E-state index in [0.717, 1.165) is 0 Å². The van der Waals surface area contributed by atoms with Crippen LogP contribution in [-0.2, 0) is 12.8 Å². The zero-order valence-electron chi connectivity index (χ0n) is 10.9. The van der Waals surface area contributed by atoms with E-state index in [4.69, 9.17) is 0 Å². The van der Waals surface area contributed by atoms with Gasteiger partial charge in [-0.3, -0.25) is 0 Å². The summed E-state index contributed by atoms with van der Waals surface area (Å²) in [5, 5.41) is 0. The molecule has 2 rings (SSSR count). The van der Waals surface area contributed by atoms with Gasteiger partial charge in [0.15, 0.2) is 0 Å². The Morgan fingerprint density at radius 2 is 1.17 bits per heavy atom. The van der Waals surface area contributed by atoms with E-state index >= 15 is 0 Å². The van der Waals surface area contributed by atoms with Crippen LogP contribution in [0.5, 0.6) is 0 Å². The van der Waals surface area contributed by atoms with Gasteiger partial charge in [-0.1, -0.05) is 67.4 Å². The number of benzene rings is 2. The average molecular weight is 237 g/mol. The summed E-state index contributed by atoms with van der Waals surface area (Å²) in [5.41, 5.74) is 2.91. The van der Waals surface area contributed by atoms with Crippen LogP contribution in [0.4, 0.5) is 0 Å². The molecule has 0 N–H and O–H groups in total. The Morgan fingerprint density at radius 3 is 1.78 bits per heavy atom. The Balaban J connectivity index is 1.54. The molecule has 0 aromatic heterocycles. The van der Waals surface area contributed by atoms with Gasteiger partial charge in [-0.25, -0.2) is 0 Å². The van der Waals surface area contributed by atoms with Crippen molar-refractivity contribution in [3.05, 3.63) is 71.8 Å².